The molecule has 5 nitrogen and oxygen atoms in total. The molecule has 8 heteroatoms. The lowest BCUT2D eigenvalue weighted by Crippen LogP contribution is -2.35. The normalized spacial score (nSPS) is 12.0. The lowest BCUT2D eigenvalue weighted by atomic mass is 10.1. The summed E-state index contributed by atoms with van der Waals surface area (Å²) in [6.07, 6.45) is 0. The molecule has 1 amide bonds. The number of carboxylic acid groups (broad SMARTS) is 1. The molecule has 0 saturated carbocycles. The molecule has 2 N–H and O–H groups in total. The first-order valence-electron chi connectivity index (χ1n) is 7.41. The lowest BCUT2D eigenvalue weighted by molar-refractivity contribution is -0.139. The predicted octanol–water partition coefficient (Wildman–Crippen LogP) is 3.21. The van der Waals surface area contributed by atoms with Gasteiger partial charge >= 0.3 is 5.97 Å². The highest BCUT2D eigenvalue weighted by molar-refractivity contribution is 5.97. The van der Waals surface area contributed by atoms with Crippen LogP contribution in [0.5, 0.6) is 0 Å². The first kappa shape index (κ1) is 17.4. The van der Waals surface area contributed by atoms with Crippen molar-refractivity contribution in [3.05, 3.63) is 77.2 Å². The van der Waals surface area contributed by atoms with Gasteiger partial charge in [0.25, 0.3) is 5.91 Å². The number of carbonyl (C=O) groups excluding carboxylic acids is 1. The summed E-state index contributed by atoms with van der Waals surface area (Å²) in [6, 6.07) is 8.12. The highest BCUT2D eigenvalue weighted by atomic mass is 19.2. The Labute approximate surface area is 145 Å². The van der Waals surface area contributed by atoms with Gasteiger partial charge in [-0.15, -0.1) is 0 Å². The highest BCUT2D eigenvalue weighted by Gasteiger charge is 2.27. The van der Waals surface area contributed by atoms with Crippen LogP contribution in [0.15, 0.2) is 48.5 Å². The van der Waals surface area contributed by atoms with Gasteiger partial charge in [0.15, 0.2) is 17.7 Å². The van der Waals surface area contributed by atoms with Gasteiger partial charge in [0.05, 0.1) is 0 Å². The molecule has 132 valence electrons. The lowest BCUT2D eigenvalue weighted by Gasteiger charge is -2.15. The monoisotopic (exact) mass is 360 g/mol. The molecule has 2 aromatic carbocycles. The van der Waals surface area contributed by atoms with Crippen molar-refractivity contribution in [3.8, 4) is 0 Å². The maximum absolute atomic E-state index is 13.9. The van der Waals surface area contributed by atoms with E-state index < -0.39 is 40.9 Å². The fourth-order valence-electron chi connectivity index (χ4n) is 2.46. The highest BCUT2D eigenvalue weighted by Crippen LogP contribution is 2.21. The second-order valence-corrected chi connectivity index (χ2v) is 5.40. The number of pyridine rings is 1. The van der Waals surface area contributed by atoms with Crippen molar-refractivity contribution in [3.63, 3.8) is 0 Å². The van der Waals surface area contributed by atoms with Crippen LogP contribution < -0.4 is 5.32 Å². The number of amides is 1. The molecule has 0 fully saturated rings. The van der Waals surface area contributed by atoms with E-state index in [-0.39, 0.29) is 11.2 Å². The van der Waals surface area contributed by atoms with E-state index in [4.69, 9.17) is 0 Å². The molecule has 0 unspecified atom stereocenters. The zero-order chi connectivity index (χ0) is 18.8. The number of carbonyl (C=O) groups is 2. The zero-order valence-electron chi connectivity index (χ0n) is 13.0. The number of nitrogens with zero attached hydrogens (tertiary/aromatic N) is 1. The van der Waals surface area contributed by atoms with Crippen LogP contribution in [0.25, 0.3) is 10.9 Å². The topological polar surface area (TPSA) is 79.3 Å². The molecule has 0 saturated heterocycles. The van der Waals surface area contributed by atoms with Crippen LogP contribution in [0.1, 0.15) is 22.1 Å². The van der Waals surface area contributed by atoms with E-state index in [0.717, 1.165) is 18.2 Å². The SMILES string of the molecule is O=C(N[C@H](C(=O)O)c1cccc(F)c1F)c1ccc2cccc(F)c2n1. The third-order valence-corrected chi connectivity index (χ3v) is 3.72. The van der Waals surface area contributed by atoms with E-state index >= 15 is 0 Å². The standard InChI is InChI=1S/C18H11F3N2O3/c19-11-5-2-4-10(14(11)21)16(18(25)26)23-17(24)13-8-7-9-3-1-6-12(20)15(9)22-13/h1-8,16H,(H,23,24)(H,25,26)/t16-/m0/s1. The van der Waals surface area contributed by atoms with Gasteiger partial charge in [-0.25, -0.2) is 22.9 Å². The quantitative estimate of drug-likeness (QED) is 0.749. The third-order valence-electron chi connectivity index (χ3n) is 3.72. The fourth-order valence-corrected chi connectivity index (χ4v) is 2.46. The van der Waals surface area contributed by atoms with Gasteiger partial charge in [0.1, 0.15) is 17.0 Å². The van der Waals surface area contributed by atoms with Crippen LogP contribution in [0.4, 0.5) is 13.2 Å². The van der Waals surface area contributed by atoms with Crippen molar-refractivity contribution in [1.29, 1.82) is 0 Å². The number of nitrogens with one attached hydrogen (secondary N) is 1. The van der Waals surface area contributed by atoms with Crippen LogP contribution in [-0.4, -0.2) is 22.0 Å². The van der Waals surface area contributed by atoms with Crippen LogP contribution in [0, 0.1) is 17.5 Å². The number of aliphatic carboxylic acids is 1. The molecule has 0 aliphatic rings. The van der Waals surface area contributed by atoms with Crippen molar-refractivity contribution in [2.75, 3.05) is 0 Å². The number of hydrogen-bond donors (Lipinski definition) is 2. The van der Waals surface area contributed by atoms with E-state index in [1.54, 1.807) is 6.07 Å². The fraction of sp³-hybridized carbons (Fsp3) is 0.0556. The van der Waals surface area contributed by atoms with Crippen molar-refractivity contribution >= 4 is 22.8 Å². The summed E-state index contributed by atoms with van der Waals surface area (Å²) < 4.78 is 41.0. The first-order valence-corrected chi connectivity index (χ1v) is 7.41. The Kier molecular flexibility index (Phi) is 4.57. The Balaban J connectivity index is 1.95. The third kappa shape index (κ3) is 3.21. The summed E-state index contributed by atoms with van der Waals surface area (Å²) in [7, 11) is 0. The second kappa shape index (κ2) is 6.83. The summed E-state index contributed by atoms with van der Waals surface area (Å²) in [5, 5.41) is 11.8. The van der Waals surface area contributed by atoms with Crippen LogP contribution in [0.2, 0.25) is 0 Å². The number of aromatic nitrogens is 1. The number of halogens is 3. The van der Waals surface area contributed by atoms with E-state index in [1.807, 2.05) is 0 Å². The molecule has 26 heavy (non-hydrogen) atoms. The minimum Gasteiger partial charge on any atom is -0.479 e. The Hall–Kier alpha value is -3.42. The molecule has 0 bridgehead atoms. The molecular weight excluding hydrogens is 349 g/mol. The number of fused-ring (bicyclic) bond motifs is 1. The van der Waals surface area contributed by atoms with Crippen molar-refractivity contribution < 1.29 is 27.9 Å². The molecular formula is C18H11F3N2O3. The molecule has 3 rings (SSSR count). The van der Waals surface area contributed by atoms with E-state index in [1.165, 1.54) is 24.3 Å². The Morgan fingerprint density at radius 2 is 1.65 bits per heavy atom. The number of carboxylic acids is 1. The zero-order valence-corrected chi connectivity index (χ0v) is 13.0. The molecule has 0 radical (unpaired) electrons. The van der Waals surface area contributed by atoms with Crippen molar-refractivity contribution in [2.45, 2.75) is 6.04 Å². The molecule has 1 heterocycles. The van der Waals surface area contributed by atoms with Crippen LogP contribution in [0.3, 0.4) is 0 Å². The molecule has 0 spiro atoms. The van der Waals surface area contributed by atoms with E-state index in [0.29, 0.717) is 5.39 Å². The number of benzene rings is 2. The number of rotatable bonds is 4. The van der Waals surface area contributed by atoms with Gasteiger partial charge in [-0.05, 0) is 18.2 Å². The van der Waals surface area contributed by atoms with Gasteiger partial charge in [0.2, 0.25) is 0 Å². The van der Waals surface area contributed by atoms with Gasteiger partial charge in [-0.3, -0.25) is 4.79 Å². The van der Waals surface area contributed by atoms with Gasteiger partial charge < -0.3 is 10.4 Å². The van der Waals surface area contributed by atoms with Crippen molar-refractivity contribution in [2.24, 2.45) is 0 Å². The summed E-state index contributed by atoms with van der Waals surface area (Å²) in [6.45, 7) is 0. The minimum atomic E-state index is -1.84. The Bertz CT molecular complexity index is 1020. The first-order chi connectivity index (χ1) is 12.4. The minimum absolute atomic E-state index is 0.0658. The second-order valence-electron chi connectivity index (χ2n) is 5.40. The maximum Gasteiger partial charge on any atom is 0.331 e. The molecule has 3 aromatic rings. The average molecular weight is 360 g/mol. The number of para-hydroxylation sites is 1. The van der Waals surface area contributed by atoms with Gasteiger partial charge in [-0.2, -0.15) is 0 Å². The van der Waals surface area contributed by atoms with Crippen molar-refractivity contribution in [1.82, 2.24) is 10.3 Å². The smallest absolute Gasteiger partial charge is 0.331 e. The van der Waals surface area contributed by atoms with Gasteiger partial charge in [0, 0.05) is 10.9 Å². The predicted molar refractivity (Wildman–Crippen MR) is 85.9 cm³/mol. The van der Waals surface area contributed by atoms with Crippen LogP contribution in [-0.2, 0) is 4.79 Å². The summed E-state index contributed by atoms with van der Waals surface area (Å²) in [4.78, 5) is 27.6. The Morgan fingerprint density at radius 3 is 2.38 bits per heavy atom. The van der Waals surface area contributed by atoms with Gasteiger partial charge in [-0.1, -0.05) is 30.3 Å². The largest absolute Gasteiger partial charge is 0.479 e. The summed E-state index contributed by atoms with van der Waals surface area (Å²) >= 11 is 0. The summed E-state index contributed by atoms with van der Waals surface area (Å²) in [5.41, 5.74) is -0.868. The molecule has 0 aliphatic heterocycles. The molecule has 1 aromatic heterocycles. The maximum atomic E-state index is 13.9. The molecule has 0 aliphatic carbocycles. The Morgan fingerprint density at radius 1 is 0.962 bits per heavy atom. The number of hydrogen-bond acceptors (Lipinski definition) is 3. The van der Waals surface area contributed by atoms with E-state index in [9.17, 15) is 27.9 Å². The average Bonchev–Trinajstić information content (AvgIpc) is 2.62. The van der Waals surface area contributed by atoms with E-state index in [2.05, 4.69) is 10.3 Å². The molecule has 1 atom stereocenters. The van der Waals surface area contributed by atoms with Crippen LogP contribution >= 0.6 is 0 Å². The summed E-state index contributed by atoms with van der Waals surface area (Å²) in [5.74, 6) is -5.82.